The predicted octanol–water partition coefficient (Wildman–Crippen LogP) is 2.65. The largest absolute Gasteiger partial charge is 0.743 e. The standard InChI is InChI=1S/C18H22F6N2O6S2/c1-3-12(2)13-4-6-14(7-5-13)15(27)25-8-10-26(11-9-25)33(28,29)17(21,22)16(19,20)18(23,24)34(30,31)32/h4-7,12H,3,8-11H2,1-2H3,(H,30,31,32)/p-1. The van der Waals surface area contributed by atoms with E-state index in [-0.39, 0.29) is 15.8 Å². The Morgan fingerprint density at radius 3 is 1.82 bits per heavy atom. The summed E-state index contributed by atoms with van der Waals surface area (Å²) in [6, 6.07) is 6.42. The lowest BCUT2D eigenvalue weighted by Crippen LogP contribution is -2.64. The van der Waals surface area contributed by atoms with Crippen molar-refractivity contribution >= 4 is 26.0 Å². The fourth-order valence-corrected chi connectivity index (χ4v) is 5.08. The van der Waals surface area contributed by atoms with Crippen molar-refractivity contribution in [3.63, 3.8) is 0 Å². The van der Waals surface area contributed by atoms with E-state index in [2.05, 4.69) is 0 Å². The summed E-state index contributed by atoms with van der Waals surface area (Å²) in [6.45, 7) is 0.947. The quantitative estimate of drug-likeness (QED) is 0.371. The number of rotatable bonds is 8. The first kappa shape index (κ1) is 28.3. The van der Waals surface area contributed by atoms with Gasteiger partial charge in [-0.25, -0.2) is 16.8 Å². The lowest BCUT2D eigenvalue weighted by molar-refractivity contribution is -0.247. The topological polar surface area (TPSA) is 115 Å². The van der Waals surface area contributed by atoms with Crippen molar-refractivity contribution in [3.8, 4) is 0 Å². The van der Waals surface area contributed by atoms with Crippen LogP contribution in [0.15, 0.2) is 24.3 Å². The molecule has 1 aromatic carbocycles. The van der Waals surface area contributed by atoms with Gasteiger partial charge in [0.1, 0.15) is 0 Å². The number of carbonyl (C=O) groups excluding carboxylic acids is 1. The van der Waals surface area contributed by atoms with Crippen molar-refractivity contribution in [2.24, 2.45) is 0 Å². The van der Waals surface area contributed by atoms with Crippen LogP contribution in [0.25, 0.3) is 0 Å². The number of nitrogens with zero attached hydrogens (tertiary/aromatic N) is 2. The first-order chi connectivity index (χ1) is 15.3. The Bertz CT molecular complexity index is 1120. The molecule has 16 heteroatoms. The van der Waals surface area contributed by atoms with E-state index in [4.69, 9.17) is 0 Å². The highest BCUT2D eigenvalue weighted by Crippen LogP contribution is 2.51. The molecule has 1 aliphatic rings. The van der Waals surface area contributed by atoms with Crippen molar-refractivity contribution in [3.05, 3.63) is 35.4 Å². The van der Waals surface area contributed by atoms with E-state index in [0.29, 0.717) is 0 Å². The van der Waals surface area contributed by atoms with E-state index in [1.54, 1.807) is 12.1 Å². The number of piperazine rings is 1. The second-order valence-electron chi connectivity index (χ2n) is 7.69. The number of halogens is 6. The Morgan fingerprint density at radius 2 is 1.41 bits per heavy atom. The normalized spacial score (nSPS) is 18.1. The van der Waals surface area contributed by atoms with E-state index in [1.165, 1.54) is 12.1 Å². The molecular formula is C18H21F6N2O6S2-. The van der Waals surface area contributed by atoms with E-state index in [9.17, 15) is 52.5 Å². The average molecular weight is 539 g/mol. The Balaban J connectivity index is 2.19. The molecule has 0 spiro atoms. The van der Waals surface area contributed by atoms with Crippen LogP contribution in [0.1, 0.15) is 42.1 Å². The molecule has 34 heavy (non-hydrogen) atoms. The van der Waals surface area contributed by atoms with Gasteiger partial charge in [0.2, 0.25) is 0 Å². The molecule has 1 fully saturated rings. The van der Waals surface area contributed by atoms with Gasteiger partial charge in [0.05, 0.1) is 0 Å². The molecule has 0 radical (unpaired) electrons. The number of hydrogen-bond donors (Lipinski definition) is 0. The second-order valence-corrected chi connectivity index (χ2v) is 11.1. The van der Waals surface area contributed by atoms with Crippen molar-refractivity contribution in [1.82, 2.24) is 9.21 Å². The highest BCUT2D eigenvalue weighted by Gasteiger charge is 2.80. The minimum Gasteiger partial charge on any atom is -0.743 e. The second kappa shape index (κ2) is 9.28. The van der Waals surface area contributed by atoms with Crippen LogP contribution >= 0.6 is 0 Å². The number of hydrogen-bond acceptors (Lipinski definition) is 6. The molecule has 0 saturated carbocycles. The van der Waals surface area contributed by atoms with Crippen LogP contribution in [0.5, 0.6) is 0 Å². The summed E-state index contributed by atoms with van der Waals surface area (Å²) in [5.74, 6) is -7.44. The van der Waals surface area contributed by atoms with Crippen molar-refractivity contribution in [2.75, 3.05) is 26.2 Å². The first-order valence-corrected chi connectivity index (χ1v) is 12.7. The Kier molecular flexibility index (Phi) is 7.73. The van der Waals surface area contributed by atoms with Crippen LogP contribution in [-0.4, -0.2) is 79.1 Å². The Morgan fingerprint density at radius 1 is 0.941 bits per heavy atom. The zero-order chi connectivity index (χ0) is 26.3. The van der Waals surface area contributed by atoms with Gasteiger partial charge in [0.25, 0.3) is 15.9 Å². The van der Waals surface area contributed by atoms with Crippen LogP contribution in [0.3, 0.4) is 0 Å². The Hall–Kier alpha value is -1.91. The Labute approximate surface area is 192 Å². The minimum absolute atomic E-state index is 0.195. The molecule has 2 rings (SSSR count). The lowest BCUT2D eigenvalue weighted by atomic mass is 9.97. The molecule has 1 aliphatic heterocycles. The molecule has 1 saturated heterocycles. The molecular weight excluding hydrogens is 518 g/mol. The maximum Gasteiger partial charge on any atom is 0.428 e. The monoisotopic (exact) mass is 539 g/mol. The van der Waals surface area contributed by atoms with E-state index >= 15 is 0 Å². The molecule has 1 aromatic rings. The van der Waals surface area contributed by atoms with Gasteiger partial charge < -0.3 is 9.45 Å². The number of sulfonamides is 1. The summed E-state index contributed by atoms with van der Waals surface area (Å²) in [5.41, 5.74) is 1.15. The highest BCUT2D eigenvalue weighted by molar-refractivity contribution is 7.90. The van der Waals surface area contributed by atoms with Gasteiger partial charge in [-0.3, -0.25) is 4.79 Å². The predicted molar refractivity (Wildman–Crippen MR) is 106 cm³/mol. The third kappa shape index (κ3) is 4.64. The van der Waals surface area contributed by atoms with Crippen LogP contribution in [0.4, 0.5) is 26.3 Å². The van der Waals surface area contributed by atoms with Gasteiger partial charge in [0.15, 0.2) is 10.1 Å². The summed E-state index contributed by atoms with van der Waals surface area (Å²) in [5, 5.41) is -13.5. The van der Waals surface area contributed by atoms with Gasteiger partial charge in [-0.15, -0.1) is 0 Å². The SMILES string of the molecule is CCC(C)c1ccc(C(=O)N2CCN(S(=O)(=O)C(F)(F)C(F)(F)C(F)(F)S(=O)(=O)[O-])CC2)cc1. The third-order valence-electron chi connectivity index (χ3n) is 5.57. The average Bonchev–Trinajstić information content (AvgIpc) is 2.77. The molecule has 8 nitrogen and oxygen atoms in total. The summed E-state index contributed by atoms with van der Waals surface area (Å²) in [7, 11) is -13.9. The molecule has 1 amide bonds. The van der Waals surface area contributed by atoms with Crippen LogP contribution in [0.2, 0.25) is 0 Å². The molecule has 194 valence electrons. The summed E-state index contributed by atoms with van der Waals surface area (Å²) in [4.78, 5) is 13.6. The highest BCUT2D eigenvalue weighted by atomic mass is 32.2. The molecule has 1 heterocycles. The third-order valence-corrected chi connectivity index (χ3v) is 8.41. The summed E-state index contributed by atoms with van der Waals surface area (Å²) >= 11 is 0. The van der Waals surface area contributed by atoms with Crippen molar-refractivity contribution in [2.45, 2.75) is 42.6 Å². The van der Waals surface area contributed by atoms with Gasteiger partial charge >= 0.3 is 16.4 Å². The van der Waals surface area contributed by atoms with Gasteiger partial charge in [-0.1, -0.05) is 26.0 Å². The van der Waals surface area contributed by atoms with E-state index < -0.39 is 68.7 Å². The summed E-state index contributed by atoms with van der Waals surface area (Å²) in [6.07, 6.45) is 0.847. The van der Waals surface area contributed by atoms with E-state index in [1.807, 2.05) is 13.8 Å². The fourth-order valence-electron chi connectivity index (χ4n) is 3.15. The molecule has 0 aliphatic carbocycles. The number of amides is 1. The number of carbonyl (C=O) groups is 1. The smallest absolute Gasteiger partial charge is 0.428 e. The minimum atomic E-state index is -7.34. The summed E-state index contributed by atoms with van der Waals surface area (Å²) < 4.78 is 137. The van der Waals surface area contributed by atoms with Crippen LogP contribution in [0, 0.1) is 0 Å². The fraction of sp³-hybridized carbons (Fsp3) is 0.611. The lowest BCUT2D eigenvalue weighted by Gasteiger charge is -2.38. The van der Waals surface area contributed by atoms with Crippen molar-refractivity contribution < 1.29 is 52.5 Å². The molecule has 0 aromatic heterocycles. The maximum atomic E-state index is 14.1. The molecule has 0 bridgehead atoms. The van der Waals surface area contributed by atoms with Crippen LogP contribution in [-0.2, 0) is 20.1 Å². The maximum absolute atomic E-state index is 14.1. The van der Waals surface area contributed by atoms with Gasteiger partial charge in [-0.05, 0) is 30.0 Å². The van der Waals surface area contributed by atoms with Crippen molar-refractivity contribution in [1.29, 1.82) is 0 Å². The van der Waals surface area contributed by atoms with Gasteiger partial charge in [0, 0.05) is 31.7 Å². The number of alkyl halides is 6. The van der Waals surface area contributed by atoms with Crippen LogP contribution < -0.4 is 0 Å². The first-order valence-electron chi connectivity index (χ1n) is 9.80. The molecule has 1 atom stereocenters. The zero-order valence-corrected chi connectivity index (χ0v) is 19.5. The molecule has 0 N–H and O–H groups in total. The van der Waals surface area contributed by atoms with Gasteiger partial charge in [-0.2, -0.15) is 30.6 Å². The molecule has 1 unspecified atom stereocenters. The van der Waals surface area contributed by atoms with E-state index in [0.717, 1.165) is 16.9 Å². The zero-order valence-electron chi connectivity index (χ0n) is 17.9. The number of benzene rings is 1.